The third-order valence-electron chi connectivity index (χ3n) is 4.19. The zero-order valence-electron chi connectivity index (χ0n) is 12.6. The van der Waals surface area contributed by atoms with Gasteiger partial charge in [-0.25, -0.2) is 8.42 Å². The summed E-state index contributed by atoms with van der Waals surface area (Å²) in [5.41, 5.74) is 1.28. The number of rotatable bonds is 4. The molecule has 1 aliphatic rings. The predicted molar refractivity (Wildman–Crippen MR) is 89.5 cm³/mol. The summed E-state index contributed by atoms with van der Waals surface area (Å²) >= 11 is 1.28. The Morgan fingerprint density at radius 2 is 1.68 bits per heavy atom. The lowest BCUT2D eigenvalue weighted by Gasteiger charge is -2.37. The molecule has 2 aromatic rings. The van der Waals surface area contributed by atoms with Crippen LogP contribution in [0.25, 0.3) is 0 Å². The number of sulfonamides is 1. The van der Waals surface area contributed by atoms with Crippen LogP contribution < -0.4 is 0 Å². The molecule has 4 nitrogen and oxygen atoms in total. The summed E-state index contributed by atoms with van der Waals surface area (Å²) < 4.78 is 27.1. The van der Waals surface area contributed by atoms with Gasteiger partial charge in [0.05, 0.1) is 0 Å². The Morgan fingerprint density at radius 3 is 2.27 bits per heavy atom. The molecule has 0 saturated carbocycles. The van der Waals surface area contributed by atoms with Gasteiger partial charge in [0.15, 0.2) is 0 Å². The average molecular weight is 336 g/mol. The van der Waals surface area contributed by atoms with Crippen molar-refractivity contribution < 1.29 is 8.42 Å². The smallest absolute Gasteiger partial charge is 0.252 e. The second-order valence-electron chi connectivity index (χ2n) is 5.46. The molecule has 1 fully saturated rings. The van der Waals surface area contributed by atoms with Crippen molar-refractivity contribution in [3.05, 3.63) is 53.4 Å². The summed E-state index contributed by atoms with van der Waals surface area (Å²) in [4.78, 5) is 2.34. The summed E-state index contributed by atoms with van der Waals surface area (Å²) in [5, 5.41) is 1.81. The Balaban J connectivity index is 1.66. The van der Waals surface area contributed by atoms with Crippen molar-refractivity contribution in [2.75, 3.05) is 26.2 Å². The maximum Gasteiger partial charge on any atom is 0.252 e. The molecular weight excluding hydrogens is 316 g/mol. The fraction of sp³-hybridized carbons (Fsp3) is 0.375. The highest BCUT2D eigenvalue weighted by Crippen LogP contribution is 2.25. The van der Waals surface area contributed by atoms with Gasteiger partial charge in [0, 0.05) is 32.2 Å². The zero-order valence-corrected chi connectivity index (χ0v) is 14.2. The van der Waals surface area contributed by atoms with Gasteiger partial charge in [-0.1, -0.05) is 36.4 Å². The highest BCUT2D eigenvalue weighted by atomic mass is 32.2. The normalized spacial score (nSPS) is 19.1. The molecule has 0 radical (unpaired) electrons. The summed E-state index contributed by atoms with van der Waals surface area (Å²) in [6, 6.07) is 14.1. The molecular formula is C16H20N2O2S2. The van der Waals surface area contributed by atoms with E-state index in [4.69, 9.17) is 0 Å². The minimum absolute atomic E-state index is 0.313. The third-order valence-corrected chi connectivity index (χ3v) is 7.46. The van der Waals surface area contributed by atoms with Crippen LogP contribution in [0.5, 0.6) is 0 Å². The maximum absolute atomic E-state index is 12.5. The molecule has 22 heavy (non-hydrogen) atoms. The van der Waals surface area contributed by atoms with Crippen molar-refractivity contribution >= 4 is 21.4 Å². The molecule has 118 valence electrons. The van der Waals surface area contributed by atoms with E-state index in [1.807, 2.05) is 18.2 Å². The second-order valence-corrected chi connectivity index (χ2v) is 8.57. The van der Waals surface area contributed by atoms with Crippen LogP contribution in [0.2, 0.25) is 0 Å². The number of nitrogens with zero attached hydrogens (tertiary/aromatic N) is 2. The monoisotopic (exact) mass is 336 g/mol. The standard InChI is InChI=1S/C16H20N2O2S2/c1-14(15-6-3-2-4-7-15)17-9-11-18(12-10-17)22(19,20)16-8-5-13-21-16/h2-8,13-14H,9-12H2,1H3. The number of hydrogen-bond acceptors (Lipinski definition) is 4. The van der Waals surface area contributed by atoms with E-state index in [0.29, 0.717) is 23.3 Å². The first-order valence-electron chi connectivity index (χ1n) is 7.42. The zero-order chi connectivity index (χ0) is 15.6. The molecule has 0 aliphatic carbocycles. The van der Waals surface area contributed by atoms with Crippen molar-refractivity contribution in [2.24, 2.45) is 0 Å². The Hall–Kier alpha value is -1.21. The molecule has 1 unspecified atom stereocenters. The van der Waals surface area contributed by atoms with E-state index in [2.05, 4.69) is 24.0 Å². The molecule has 1 atom stereocenters. The molecule has 0 N–H and O–H groups in total. The lowest BCUT2D eigenvalue weighted by molar-refractivity contribution is 0.146. The van der Waals surface area contributed by atoms with E-state index >= 15 is 0 Å². The molecule has 0 spiro atoms. The molecule has 0 bridgehead atoms. The Bertz CT molecular complexity index is 691. The van der Waals surface area contributed by atoms with Gasteiger partial charge in [0.2, 0.25) is 0 Å². The van der Waals surface area contributed by atoms with Crippen LogP contribution in [0.15, 0.2) is 52.1 Å². The van der Waals surface area contributed by atoms with Crippen molar-refractivity contribution in [3.63, 3.8) is 0 Å². The van der Waals surface area contributed by atoms with Crippen molar-refractivity contribution in [3.8, 4) is 0 Å². The van der Waals surface area contributed by atoms with E-state index in [0.717, 1.165) is 13.1 Å². The fourth-order valence-electron chi connectivity index (χ4n) is 2.81. The van der Waals surface area contributed by atoms with Gasteiger partial charge in [0.1, 0.15) is 4.21 Å². The summed E-state index contributed by atoms with van der Waals surface area (Å²) in [5.74, 6) is 0. The Kier molecular flexibility index (Phi) is 4.63. The van der Waals surface area contributed by atoms with E-state index in [-0.39, 0.29) is 0 Å². The second kappa shape index (κ2) is 6.50. The van der Waals surface area contributed by atoms with Gasteiger partial charge in [-0.05, 0) is 23.9 Å². The first-order chi connectivity index (χ1) is 10.6. The van der Waals surface area contributed by atoms with Gasteiger partial charge in [-0.3, -0.25) is 4.90 Å². The van der Waals surface area contributed by atoms with Crippen LogP contribution in [-0.2, 0) is 10.0 Å². The summed E-state index contributed by atoms with van der Waals surface area (Å²) in [6.07, 6.45) is 0. The average Bonchev–Trinajstić information content (AvgIpc) is 3.10. The highest BCUT2D eigenvalue weighted by Gasteiger charge is 2.30. The van der Waals surface area contributed by atoms with E-state index < -0.39 is 10.0 Å². The van der Waals surface area contributed by atoms with Crippen molar-refractivity contribution in [1.82, 2.24) is 9.21 Å². The Labute approximate surface area is 136 Å². The van der Waals surface area contributed by atoms with Gasteiger partial charge in [-0.15, -0.1) is 11.3 Å². The van der Waals surface area contributed by atoms with Crippen LogP contribution in [0.3, 0.4) is 0 Å². The quantitative estimate of drug-likeness (QED) is 0.862. The molecule has 0 amide bonds. The van der Waals surface area contributed by atoms with E-state index in [1.54, 1.807) is 21.8 Å². The van der Waals surface area contributed by atoms with Gasteiger partial charge < -0.3 is 0 Å². The highest BCUT2D eigenvalue weighted by molar-refractivity contribution is 7.91. The largest absolute Gasteiger partial charge is 0.294 e. The summed E-state index contributed by atoms with van der Waals surface area (Å²) in [7, 11) is -3.31. The molecule has 1 aromatic carbocycles. The minimum atomic E-state index is -3.31. The van der Waals surface area contributed by atoms with Crippen LogP contribution in [0.1, 0.15) is 18.5 Å². The van der Waals surface area contributed by atoms with E-state index in [9.17, 15) is 8.42 Å². The number of benzene rings is 1. The first-order valence-corrected chi connectivity index (χ1v) is 9.73. The molecule has 1 aromatic heterocycles. The van der Waals surface area contributed by atoms with Gasteiger partial charge in [-0.2, -0.15) is 4.31 Å². The SMILES string of the molecule is CC(c1ccccc1)N1CCN(S(=O)(=O)c2cccs2)CC1. The molecule has 3 rings (SSSR count). The molecule has 1 saturated heterocycles. The van der Waals surface area contributed by atoms with Gasteiger partial charge in [0.25, 0.3) is 10.0 Å². The fourth-order valence-corrected chi connectivity index (χ4v) is 5.38. The molecule has 1 aliphatic heterocycles. The van der Waals surface area contributed by atoms with Crippen LogP contribution in [-0.4, -0.2) is 43.8 Å². The topological polar surface area (TPSA) is 40.6 Å². The van der Waals surface area contributed by atoms with Crippen LogP contribution in [0.4, 0.5) is 0 Å². The first kappa shape index (κ1) is 15.7. The number of thiophene rings is 1. The predicted octanol–water partition coefficient (Wildman–Crippen LogP) is 2.82. The van der Waals surface area contributed by atoms with Crippen molar-refractivity contribution in [1.29, 1.82) is 0 Å². The number of hydrogen-bond donors (Lipinski definition) is 0. The van der Waals surface area contributed by atoms with Crippen molar-refractivity contribution in [2.45, 2.75) is 17.2 Å². The molecule has 2 heterocycles. The van der Waals surface area contributed by atoms with Gasteiger partial charge >= 0.3 is 0 Å². The van der Waals surface area contributed by atoms with E-state index in [1.165, 1.54) is 16.9 Å². The van der Waals surface area contributed by atoms with Crippen LogP contribution in [0, 0.1) is 0 Å². The molecule has 6 heteroatoms. The maximum atomic E-state index is 12.5. The lowest BCUT2D eigenvalue weighted by Crippen LogP contribution is -2.49. The van der Waals surface area contributed by atoms with Crippen LogP contribution >= 0.6 is 11.3 Å². The minimum Gasteiger partial charge on any atom is -0.294 e. The third kappa shape index (κ3) is 3.10. The number of piperazine rings is 1. The Morgan fingerprint density at radius 1 is 1.00 bits per heavy atom. The lowest BCUT2D eigenvalue weighted by atomic mass is 10.1. The summed E-state index contributed by atoms with van der Waals surface area (Å²) in [6.45, 7) is 4.81.